The average molecular weight is 450 g/mol. The predicted molar refractivity (Wildman–Crippen MR) is 128 cm³/mol. The van der Waals surface area contributed by atoms with Gasteiger partial charge < -0.3 is 19.9 Å². The minimum atomic E-state index is -0.691. The molecule has 0 fully saturated rings. The molecule has 2 N–H and O–H groups in total. The molecule has 174 valence electrons. The molecular weight excluding hydrogens is 418 g/mol. The van der Waals surface area contributed by atoms with Crippen molar-refractivity contribution in [1.82, 2.24) is 15.2 Å². The first-order chi connectivity index (χ1) is 16.0. The maximum absolute atomic E-state index is 11.6. The number of carbonyl (C=O) groups is 1. The molecule has 3 aromatic rings. The summed E-state index contributed by atoms with van der Waals surface area (Å²) in [5.74, 6) is 1.08. The van der Waals surface area contributed by atoms with Gasteiger partial charge in [0.05, 0.1) is 0 Å². The van der Waals surface area contributed by atoms with Crippen LogP contribution in [0.5, 0.6) is 11.6 Å². The van der Waals surface area contributed by atoms with E-state index < -0.39 is 6.10 Å². The van der Waals surface area contributed by atoms with Crippen LogP contribution >= 0.6 is 0 Å². The number of benzene rings is 2. The van der Waals surface area contributed by atoms with Crippen molar-refractivity contribution in [3.63, 3.8) is 0 Å². The molecule has 0 spiro atoms. The van der Waals surface area contributed by atoms with E-state index in [0.717, 1.165) is 11.1 Å². The van der Waals surface area contributed by atoms with Gasteiger partial charge in [-0.1, -0.05) is 36.4 Å². The molecule has 0 saturated carbocycles. The number of carbonyl (C=O) groups excluding carboxylic acids is 1. The molecule has 0 aliphatic carbocycles. The van der Waals surface area contributed by atoms with Crippen molar-refractivity contribution in [1.29, 1.82) is 0 Å². The molecule has 0 aliphatic heterocycles. The molecule has 0 radical (unpaired) electrons. The van der Waals surface area contributed by atoms with E-state index in [0.29, 0.717) is 43.4 Å². The summed E-state index contributed by atoms with van der Waals surface area (Å²) in [6.07, 6.45) is 1.02. The van der Waals surface area contributed by atoms with Crippen LogP contribution in [0.2, 0.25) is 0 Å². The van der Waals surface area contributed by atoms with Gasteiger partial charge in [-0.15, -0.1) is 0 Å². The van der Waals surface area contributed by atoms with Crippen LogP contribution in [0.15, 0.2) is 72.9 Å². The Kier molecular flexibility index (Phi) is 9.23. The Morgan fingerprint density at radius 2 is 1.82 bits per heavy atom. The van der Waals surface area contributed by atoms with Gasteiger partial charge in [0.25, 0.3) is 5.91 Å². The fourth-order valence-corrected chi connectivity index (χ4v) is 3.36. The van der Waals surface area contributed by atoms with Crippen LogP contribution in [0.25, 0.3) is 0 Å². The van der Waals surface area contributed by atoms with E-state index in [9.17, 15) is 9.90 Å². The molecule has 0 aliphatic rings. The van der Waals surface area contributed by atoms with E-state index in [-0.39, 0.29) is 12.5 Å². The highest BCUT2D eigenvalue weighted by Crippen LogP contribution is 2.14. The van der Waals surface area contributed by atoms with E-state index in [4.69, 9.17) is 9.47 Å². The van der Waals surface area contributed by atoms with E-state index in [1.54, 1.807) is 37.5 Å². The van der Waals surface area contributed by atoms with Crippen molar-refractivity contribution in [2.24, 2.45) is 0 Å². The summed E-state index contributed by atoms with van der Waals surface area (Å²) in [4.78, 5) is 18.1. The molecule has 33 heavy (non-hydrogen) atoms. The summed E-state index contributed by atoms with van der Waals surface area (Å²) in [6.45, 7) is 4.30. The number of hydrogen-bond acceptors (Lipinski definition) is 6. The Morgan fingerprint density at radius 1 is 1.06 bits per heavy atom. The molecule has 1 atom stereocenters. The molecule has 2 aromatic carbocycles. The van der Waals surface area contributed by atoms with Gasteiger partial charge in [0.15, 0.2) is 0 Å². The Labute approximate surface area is 195 Å². The van der Waals surface area contributed by atoms with Gasteiger partial charge in [0, 0.05) is 44.0 Å². The van der Waals surface area contributed by atoms with Crippen LogP contribution in [0.4, 0.5) is 0 Å². The van der Waals surface area contributed by atoms with Gasteiger partial charge in [0.2, 0.25) is 5.88 Å². The lowest BCUT2D eigenvalue weighted by atomic mass is 10.2. The molecule has 1 aromatic heterocycles. The molecule has 0 bridgehead atoms. The highest BCUT2D eigenvalue weighted by atomic mass is 16.5. The zero-order valence-electron chi connectivity index (χ0n) is 19.1. The van der Waals surface area contributed by atoms with Gasteiger partial charge in [-0.25, -0.2) is 4.98 Å². The van der Waals surface area contributed by atoms with E-state index >= 15 is 0 Å². The second kappa shape index (κ2) is 12.6. The number of aliphatic hydroxyl groups is 1. The third kappa shape index (κ3) is 7.89. The Morgan fingerprint density at radius 3 is 2.52 bits per heavy atom. The number of aromatic nitrogens is 1. The summed E-state index contributed by atoms with van der Waals surface area (Å²) in [5, 5.41) is 13.2. The Hall–Kier alpha value is -3.42. The molecule has 1 heterocycles. The minimum Gasteiger partial charge on any atom is -0.491 e. The maximum atomic E-state index is 11.6. The number of ether oxygens (including phenoxy) is 2. The van der Waals surface area contributed by atoms with E-state index in [1.807, 2.05) is 37.3 Å². The lowest BCUT2D eigenvalue weighted by molar-refractivity contribution is 0.0602. The van der Waals surface area contributed by atoms with Gasteiger partial charge in [-0.3, -0.25) is 9.69 Å². The summed E-state index contributed by atoms with van der Waals surface area (Å²) in [5.41, 5.74) is 2.70. The van der Waals surface area contributed by atoms with Crippen molar-refractivity contribution >= 4 is 5.91 Å². The fraction of sp³-hybridized carbons (Fsp3) is 0.308. The van der Waals surface area contributed by atoms with Crippen molar-refractivity contribution < 1.29 is 19.4 Å². The zero-order chi connectivity index (χ0) is 23.5. The summed E-state index contributed by atoms with van der Waals surface area (Å²) < 4.78 is 11.6. The standard InChI is InChI=1S/C26H31N3O4/c1-20-7-6-14-28-26(20)32-16-15-29(17-21-8-4-3-5-9-21)18-23(30)19-33-24-12-10-22(11-13-24)25(31)27-2/h3-14,23,30H,15-19H2,1-2H3,(H,27,31). The Bertz CT molecular complexity index is 996. The van der Waals surface area contributed by atoms with Gasteiger partial charge in [-0.05, 0) is 42.8 Å². The predicted octanol–water partition coefficient (Wildman–Crippen LogP) is 3.07. The number of rotatable bonds is 12. The number of aliphatic hydroxyl groups excluding tert-OH is 1. The summed E-state index contributed by atoms with van der Waals surface area (Å²) in [7, 11) is 1.59. The Balaban J connectivity index is 1.54. The smallest absolute Gasteiger partial charge is 0.251 e. The van der Waals surface area contributed by atoms with Crippen LogP contribution in [0.1, 0.15) is 21.5 Å². The van der Waals surface area contributed by atoms with Crippen LogP contribution in [0.3, 0.4) is 0 Å². The lowest BCUT2D eigenvalue weighted by Gasteiger charge is -2.25. The summed E-state index contributed by atoms with van der Waals surface area (Å²) in [6, 6.07) is 20.8. The SMILES string of the molecule is CNC(=O)c1ccc(OCC(O)CN(CCOc2ncccc2C)Cc2ccccc2)cc1. The lowest BCUT2D eigenvalue weighted by Crippen LogP contribution is -2.37. The van der Waals surface area contributed by atoms with E-state index in [1.165, 1.54) is 0 Å². The number of hydrogen-bond donors (Lipinski definition) is 2. The third-order valence-electron chi connectivity index (χ3n) is 5.11. The van der Waals surface area contributed by atoms with E-state index in [2.05, 4.69) is 27.3 Å². The maximum Gasteiger partial charge on any atom is 0.251 e. The summed E-state index contributed by atoms with van der Waals surface area (Å²) >= 11 is 0. The van der Waals surface area contributed by atoms with Crippen molar-refractivity contribution in [3.8, 4) is 11.6 Å². The molecule has 0 saturated heterocycles. The molecular formula is C26H31N3O4. The molecule has 1 amide bonds. The van der Waals surface area contributed by atoms with Crippen molar-refractivity contribution in [2.75, 3.05) is 33.4 Å². The van der Waals surface area contributed by atoms with Crippen LogP contribution < -0.4 is 14.8 Å². The third-order valence-corrected chi connectivity index (χ3v) is 5.11. The van der Waals surface area contributed by atoms with Crippen LogP contribution in [-0.4, -0.2) is 60.4 Å². The molecule has 1 unspecified atom stereocenters. The normalized spacial score (nSPS) is 11.8. The first kappa shape index (κ1) is 24.2. The fourth-order valence-electron chi connectivity index (χ4n) is 3.36. The number of pyridine rings is 1. The second-order valence-electron chi connectivity index (χ2n) is 7.76. The zero-order valence-corrected chi connectivity index (χ0v) is 19.1. The number of aryl methyl sites for hydroxylation is 1. The molecule has 7 nitrogen and oxygen atoms in total. The first-order valence-electron chi connectivity index (χ1n) is 11.0. The highest BCUT2D eigenvalue weighted by molar-refractivity contribution is 5.94. The second-order valence-corrected chi connectivity index (χ2v) is 7.76. The highest BCUT2D eigenvalue weighted by Gasteiger charge is 2.14. The topological polar surface area (TPSA) is 83.9 Å². The first-order valence-corrected chi connectivity index (χ1v) is 11.0. The van der Waals surface area contributed by atoms with Crippen LogP contribution in [0, 0.1) is 6.92 Å². The number of nitrogens with one attached hydrogen (secondary N) is 1. The monoisotopic (exact) mass is 449 g/mol. The quantitative estimate of drug-likeness (QED) is 0.442. The minimum absolute atomic E-state index is 0.144. The van der Waals surface area contributed by atoms with Gasteiger partial charge >= 0.3 is 0 Å². The number of nitrogens with zero attached hydrogens (tertiary/aromatic N) is 2. The average Bonchev–Trinajstić information content (AvgIpc) is 2.84. The molecule has 3 rings (SSSR count). The van der Waals surface area contributed by atoms with Gasteiger partial charge in [-0.2, -0.15) is 0 Å². The van der Waals surface area contributed by atoms with Crippen LogP contribution in [-0.2, 0) is 6.54 Å². The van der Waals surface area contributed by atoms with Crippen molar-refractivity contribution in [3.05, 3.63) is 89.6 Å². The van der Waals surface area contributed by atoms with Crippen molar-refractivity contribution in [2.45, 2.75) is 19.6 Å². The largest absolute Gasteiger partial charge is 0.491 e. The molecule has 7 heteroatoms. The van der Waals surface area contributed by atoms with Gasteiger partial charge in [0.1, 0.15) is 25.1 Å². The number of amides is 1.